The molecule has 0 saturated carbocycles. The molecule has 3 heterocycles. The minimum absolute atomic E-state index is 0.0602. The third-order valence-electron chi connectivity index (χ3n) is 4.98. The van der Waals surface area contributed by atoms with Crippen molar-refractivity contribution in [1.82, 2.24) is 34.7 Å². The first kappa shape index (κ1) is 22.3. The molecule has 0 fully saturated rings. The van der Waals surface area contributed by atoms with Gasteiger partial charge >= 0.3 is 6.18 Å². The molecule has 0 saturated heterocycles. The molecule has 0 atom stereocenters. The van der Waals surface area contributed by atoms with E-state index in [9.17, 15) is 13.2 Å². The number of aromatic nitrogens is 7. The maximum Gasteiger partial charge on any atom is 0.431 e. The minimum atomic E-state index is -4.56. The van der Waals surface area contributed by atoms with Crippen molar-refractivity contribution >= 4 is 23.2 Å². The fourth-order valence-electron chi connectivity index (χ4n) is 3.44. The van der Waals surface area contributed by atoms with Crippen molar-refractivity contribution in [3.8, 4) is 17.2 Å². The van der Waals surface area contributed by atoms with Crippen molar-refractivity contribution in [2.24, 2.45) is 0 Å². The largest absolute Gasteiger partial charge is 0.431 e. The van der Waals surface area contributed by atoms with Crippen molar-refractivity contribution in [3.63, 3.8) is 0 Å². The standard InChI is InChI=1S/C20H18Cl2F3N7/c1-2-3-4-16-26-17(21)18(22)31(16)11-12-5-7-13(8-6-12)32-14(19-27-29-30-28-19)9-10-15(32)20(23,24)25/h5-10H,2-4,11H2,1H3,(H,27,28,29,30). The summed E-state index contributed by atoms with van der Waals surface area (Å²) in [6.45, 7) is 2.47. The van der Waals surface area contributed by atoms with Gasteiger partial charge in [0, 0.05) is 12.1 Å². The van der Waals surface area contributed by atoms with E-state index in [1.807, 2.05) is 4.57 Å². The van der Waals surface area contributed by atoms with Gasteiger partial charge in [0.2, 0.25) is 5.82 Å². The summed E-state index contributed by atoms with van der Waals surface area (Å²) < 4.78 is 43.8. The quantitative estimate of drug-likeness (QED) is 0.372. The molecule has 0 aliphatic heterocycles. The first-order chi connectivity index (χ1) is 15.3. The Bertz CT molecular complexity index is 1200. The molecule has 0 amide bonds. The van der Waals surface area contributed by atoms with Crippen LogP contribution in [0.3, 0.4) is 0 Å². The highest BCUT2D eigenvalue weighted by atomic mass is 35.5. The number of benzene rings is 1. The second-order valence-corrected chi connectivity index (χ2v) is 7.85. The van der Waals surface area contributed by atoms with Crippen LogP contribution < -0.4 is 0 Å². The van der Waals surface area contributed by atoms with Crippen LogP contribution in [0.1, 0.15) is 36.8 Å². The minimum Gasteiger partial charge on any atom is -0.313 e. The van der Waals surface area contributed by atoms with E-state index in [0.29, 0.717) is 17.4 Å². The SMILES string of the molecule is CCCCc1nc(Cl)c(Cl)n1Cc1ccc(-n2c(-c3nn[nH]n3)ccc2C(F)(F)F)cc1. The van der Waals surface area contributed by atoms with Crippen LogP contribution in [0.25, 0.3) is 17.2 Å². The van der Waals surface area contributed by atoms with Gasteiger partial charge in [0.25, 0.3) is 0 Å². The van der Waals surface area contributed by atoms with Gasteiger partial charge in [-0.1, -0.05) is 48.7 Å². The van der Waals surface area contributed by atoms with Crippen LogP contribution in [0.5, 0.6) is 0 Å². The van der Waals surface area contributed by atoms with Gasteiger partial charge in [-0.25, -0.2) is 4.98 Å². The molecular weight excluding hydrogens is 466 g/mol. The zero-order valence-electron chi connectivity index (χ0n) is 16.9. The molecule has 0 radical (unpaired) electrons. The molecule has 168 valence electrons. The van der Waals surface area contributed by atoms with Crippen molar-refractivity contribution in [2.45, 2.75) is 38.9 Å². The number of hydrogen-bond donors (Lipinski definition) is 1. The molecule has 32 heavy (non-hydrogen) atoms. The van der Waals surface area contributed by atoms with E-state index in [-0.39, 0.29) is 16.7 Å². The number of unbranched alkanes of at least 4 members (excludes halogenated alkanes) is 1. The van der Waals surface area contributed by atoms with E-state index in [1.165, 1.54) is 6.07 Å². The number of nitrogens with zero attached hydrogens (tertiary/aromatic N) is 6. The van der Waals surface area contributed by atoms with Crippen molar-refractivity contribution in [3.05, 3.63) is 63.8 Å². The smallest absolute Gasteiger partial charge is 0.313 e. The number of H-pyrrole nitrogens is 1. The third-order valence-corrected chi connectivity index (χ3v) is 5.72. The van der Waals surface area contributed by atoms with E-state index >= 15 is 0 Å². The molecule has 0 spiro atoms. The van der Waals surface area contributed by atoms with Crippen LogP contribution in [0.4, 0.5) is 13.2 Å². The van der Waals surface area contributed by atoms with Gasteiger partial charge in [0.15, 0.2) is 5.15 Å². The zero-order valence-corrected chi connectivity index (χ0v) is 18.4. The summed E-state index contributed by atoms with van der Waals surface area (Å²) in [6.07, 6.45) is -1.89. The number of rotatable bonds is 7. The molecule has 1 N–H and O–H groups in total. The van der Waals surface area contributed by atoms with Gasteiger partial charge in [-0.15, -0.1) is 10.2 Å². The number of imidazole rings is 1. The highest BCUT2D eigenvalue weighted by molar-refractivity contribution is 6.40. The number of halogens is 5. The van der Waals surface area contributed by atoms with Crippen LogP contribution in [-0.4, -0.2) is 34.7 Å². The lowest BCUT2D eigenvalue weighted by Gasteiger charge is -2.15. The fourth-order valence-corrected chi connectivity index (χ4v) is 3.84. The fraction of sp³-hybridized carbons (Fsp3) is 0.300. The molecular formula is C20H18Cl2F3N7. The first-order valence-corrected chi connectivity index (χ1v) is 10.6. The number of nitrogens with one attached hydrogen (secondary N) is 1. The second kappa shape index (κ2) is 8.95. The van der Waals surface area contributed by atoms with Crippen LogP contribution in [0.2, 0.25) is 10.3 Å². The number of hydrogen-bond acceptors (Lipinski definition) is 4. The number of tetrazole rings is 1. The monoisotopic (exact) mass is 483 g/mol. The summed E-state index contributed by atoms with van der Waals surface area (Å²) in [6, 6.07) is 8.99. The van der Waals surface area contributed by atoms with E-state index in [4.69, 9.17) is 23.2 Å². The van der Waals surface area contributed by atoms with Crippen LogP contribution in [0.15, 0.2) is 36.4 Å². The highest BCUT2D eigenvalue weighted by Gasteiger charge is 2.36. The third kappa shape index (κ3) is 4.37. The number of alkyl halides is 3. The Hall–Kier alpha value is -2.85. The lowest BCUT2D eigenvalue weighted by molar-refractivity contribution is -0.142. The van der Waals surface area contributed by atoms with Gasteiger partial charge in [-0.3, -0.25) is 0 Å². The predicted molar refractivity (Wildman–Crippen MR) is 114 cm³/mol. The van der Waals surface area contributed by atoms with Gasteiger partial charge < -0.3 is 9.13 Å². The van der Waals surface area contributed by atoms with Crippen molar-refractivity contribution in [1.29, 1.82) is 0 Å². The highest BCUT2D eigenvalue weighted by Crippen LogP contribution is 2.35. The molecule has 4 rings (SSSR count). The van der Waals surface area contributed by atoms with Gasteiger partial charge in [-0.2, -0.15) is 18.4 Å². The number of aromatic amines is 1. The molecule has 4 aromatic rings. The number of aryl methyl sites for hydroxylation is 1. The van der Waals surface area contributed by atoms with E-state index in [0.717, 1.165) is 41.3 Å². The molecule has 7 nitrogen and oxygen atoms in total. The summed E-state index contributed by atoms with van der Waals surface area (Å²) in [5.74, 6) is 0.833. The summed E-state index contributed by atoms with van der Waals surface area (Å²) in [5, 5.41) is 13.9. The molecule has 1 aromatic carbocycles. The van der Waals surface area contributed by atoms with Crippen LogP contribution >= 0.6 is 23.2 Å². The Morgan fingerprint density at radius 3 is 2.44 bits per heavy atom. The van der Waals surface area contributed by atoms with Crippen molar-refractivity contribution < 1.29 is 13.2 Å². The normalized spacial score (nSPS) is 11.9. The summed E-state index contributed by atoms with van der Waals surface area (Å²) >= 11 is 12.4. The Morgan fingerprint density at radius 2 is 1.81 bits per heavy atom. The van der Waals surface area contributed by atoms with Gasteiger partial charge in [0.05, 0.1) is 12.2 Å². The van der Waals surface area contributed by atoms with E-state index in [1.54, 1.807) is 24.3 Å². The summed E-state index contributed by atoms with van der Waals surface area (Å²) in [7, 11) is 0. The second-order valence-electron chi connectivity index (χ2n) is 7.14. The maximum atomic E-state index is 13.6. The molecule has 0 aliphatic carbocycles. The van der Waals surface area contributed by atoms with Crippen LogP contribution in [-0.2, 0) is 19.1 Å². The van der Waals surface area contributed by atoms with E-state index in [2.05, 4.69) is 32.5 Å². The average Bonchev–Trinajstić information content (AvgIpc) is 3.48. The molecule has 0 aliphatic rings. The molecule has 12 heteroatoms. The van der Waals surface area contributed by atoms with Crippen LogP contribution in [0, 0.1) is 0 Å². The summed E-state index contributed by atoms with van der Waals surface area (Å²) in [5.41, 5.74) is 0.484. The Morgan fingerprint density at radius 1 is 1.06 bits per heavy atom. The topological polar surface area (TPSA) is 77.2 Å². The zero-order chi connectivity index (χ0) is 22.9. The Kier molecular flexibility index (Phi) is 6.25. The molecule has 3 aromatic heterocycles. The predicted octanol–water partition coefficient (Wildman–Crippen LogP) is 5.57. The lowest BCUT2D eigenvalue weighted by atomic mass is 10.2. The summed E-state index contributed by atoms with van der Waals surface area (Å²) in [4.78, 5) is 4.33. The van der Waals surface area contributed by atoms with Gasteiger partial charge in [0.1, 0.15) is 16.7 Å². The molecule has 0 bridgehead atoms. The van der Waals surface area contributed by atoms with Gasteiger partial charge in [-0.05, 0) is 41.5 Å². The van der Waals surface area contributed by atoms with Crippen molar-refractivity contribution in [2.75, 3.05) is 0 Å². The van der Waals surface area contributed by atoms with E-state index < -0.39 is 11.9 Å². The average molecular weight is 484 g/mol. The maximum absolute atomic E-state index is 13.6. The Balaban J connectivity index is 1.68. The first-order valence-electron chi connectivity index (χ1n) is 9.82. The Labute approximate surface area is 191 Å². The lowest BCUT2D eigenvalue weighted by Crippen LogP contribution is -2.13. The molecule has 0 unspecified atom stereocenters.